The van der Waals surface area contributed by atoms with E-state index >= 15 is 0 Å². The summed E-state index contributed by atoms with van der Waals surface area (Å²) in [5, 5.41) is 3.46. The lowest BCUT2D eigenvalue weighted by molar-refractivity contribution is 0.307. The Labute approximate surface area is 136 Å². The first kappa shape index (κ1) is 15.5. The fourth-order valence-corrected chi connectivity index (χ4v) is 2.80. The standard InChI is InChI=1S/C16H17Br2NO/c1-12(15-4-2-3-5-16(15)18)19-10-11-20-14-8-6-13(17)7-9-14/h2-9,12,19H,10-11H2,1H3/t12-/m1/s1. The lowest BCUT2D eigenvalue weighted by Crippen LogP contribution is -2.24. The average Bonchev–Trinajstić information content (AvgIpc) is 2.46. The maximum absolute atomic E-state index is 5.68. The zero-order valence-corrected chi connectivity index (χ0v) is 14.4. The molecule has 0 aliphatic carbocycles. The van der Waals surface area contributed by atoms with Gasteiger partial charge in [-0.1, -0.05) is 50.1 Å². The Balaban J connectivity index is 1.76. The molecule has 0 amide bonds. The Bertz CT molecular complexity index is 542. The molecule has 0 spiro atoms. The zero-order valence-electron chi connectivity index (χ0n) is 11.3. The van der Waals surface area contributed by atoms with Crippen molar-refractivity contribution >= 4 is 31.9 Å². The highest BCUT2D eigenvalue weighted by molar-refractivity contribution is 9.10. The smallest absolute Gasteiger partial charge is 0.119 e. The van der Waals surface area contributed by atoms with E-state index < -0.39 is 0 Å². The number of ether oxygens (including phenoxy) is 1. The second-order valence-electron chi connectivity index (χ2n) is 4.50. The summed E-state index contributed by atoms with van der Waals surface area (Å²) in [6, 6.07) is 16.4. The van der Waals surface area contributed by atoms with Crippen LogP contribution in [0.15, 0.2) is 57.5 Å². The van der Waals surface area contributed by atoms with Gasteiger partial charge >= 0.3 is 0 Å². The summed E-state index contributed by atoms with van der Waals surface area (Å²) in [4.78, 5) is 0. The molecular formula is C16H17Br2NO. The molecule has 2 aromatic carbocycles. The van der Waals surface area contributed by atoms with E-state index in [1.165, 1.54) is 5.56 Å². The number of hydrogen-bond acceptors (Lipinski definition) is 2. The van der Waals surface area contributed by atoms with Gasteiger partial charge in [0, 0.05) is 21.5 Å². The van der Waals surface area contributed by atoms with Gasteiger partial charge in [0.15, 0.2) is 0 Å². The van der Waals surface area contributed by atoms with E-state index in [0.29, 0.717) is 12.6 Å². The molecule has 0 radical (unpaired) electrons. The van der Waals surface area contributed by atoms with Gasteiger partial charge in [-0.05, 0) is 42.8 Å². The summed E-state index contributed by atoms with van der Waals surface area (Å²) in [6.45, 7) is 3.61. The molecule has 0 bridgehead atoms. The van der Waals surface area contributed by atoms with E-state index in [1.54, 1.807) is 0 Å². The van der Waals surface area contributed by atoms with Crippen molar-refractivity contribution in [2.45, 2.75) is 13.0 Å². The van der Waals surface area contributed by atoms with Crippen LogP contribution >= 0.6 is 31.9 Å². The molecule has 106 valence electrons. The van der Waals surface area contributed by atoms with Crippen molar-refractivity contribution in [2.24, 2.45) is 0 Å². The van der Waals surface area contributed by atoms with Crippen molar-refractivity contribution < 1.29 is 4.74 Å². The first-order valence-corrected chi connectivity index (χ1v) is 8.11. The monoisotopic (exact) mass is 397 g/mol. The Morgan fingerprint density at radius 2 is 1.75 bits per heavy atom. The third-order valence-electron chi connectivity index (χ3n) is 3.01. The van der Waals surface area contributed by atoms with Crippen molar-refractivity contribution in [2.75, 3.05) is 13.2 Å². The van der Waals surface area contributed by atoms with E-state index in [2.05, 4.69) is 62.3 Å². The van der Waals surface area contributed by atoms with E-state index in [-0.39, 0.29) is 0 Å². The van der Waals surface area contributed by atoms with Gasteiger partial charge in [-0.15, -0.1) is 0 Å². The predicted molar refractivity (Wildman–Crippen MR) is 90.2 cm³/mol. The molecule has 20 heavy (non-hydrogen) atoms. The zero-order chi connectivity index (χ0) is 14.4. The fourth-order valence-electron chi connectivity index (χ4n) is 1.91. The molecule has 2 aromatic rings. The summed E-state index contributed by atoms with van der Waals surface area (Å²) in [5.41, 5.74) is 1.26. The average molecular weight is 399 g/mol. The second-order valence-corrected chi connectivity index (χ2v) is 6.27. The first-order chi connectivity index (χ1) is 9.66. The Kier molecular flexibility index (Phi) is 6.07. The molecule has 1 atom stereocenters. The van der Waals surface area contributed by atoms with Gasteiger partial charge in [-0.3, -0.25) is 0 Å². The van der Waals surface area contributed by atoms with Crippen LogP contribution in [-0.4, -0.2) is 13.2 Å². The number of benzene rings is 2. The number of hydrogen-bond donors (Lipinski definition) is 1. The van der Waals surface area contributed by atoms with Crippen molar-refractivity contribution in [1.82, 2.24) is 5.32 Å². The molecule has 0 fully saturated rings. The molecular weight excluding hydrogens is 382 g/mol. The molecule has 2 nitrogen and oxygen atoms in total. The van der Waals surface area contributed by atoms with Crippen LogP contribution in [0.5, 0.6) is 5.75 Å². The van der Waals surface area contributed by atoms with Crippen LogP contribution in [0, 0.1) is 0 Å². The third kappa shape index (κ3) is 4.62. The molecule has 1 N–H and O–H groups in total. The van der Waals surface area contributed by atoms with Gasteiger partial charge < -0.3 is 10.1 Å². The second kappa shape index (κ2) is 7.81. The van der Waals surface area contributed by atoms with Crippen LogP contribution in [0.4, 0.5) is 0 Å². The SMILES string of the molecule is C[C@@H](NCCOc1ccc(Br)cc1)c1ccccc1Br. The molecule has 0 aromatic heterocycles. The van der Waals surface area contributed by atoms with Crippen LogP contribution in [0.3, 0.4) is 0 Å². The highest BCUT2D eigenvalue weighted by Gasteiger charge is 2.07. The molecule has 0 aliphatic heterocycles. The van der Waals surface area contributed by atoms with E-state index in [0.717, 1.165) is 21.2 Å². The minimum absolute atomic E-state index is 0.291. The van der Waals surface area contributed by atoms with E-state index in [9.17, 15) is 0 Å². The van der Waals surface area contributed by atoms with Crippen LogP contribution in [-0.2, 0) is 0 Å². The Hall–Kier alpha value is -0.840. The maximum atomic E-state index is 5.68. The van der Waals surface area contributed by atoms with Crippen LogP contribution in [0.25, 0.3) is 0 Å². The topological polar surface area (TPSA) is 21.3 Å². The summed E-state index contributed by atoms with van der Waals surface area (Å²) in [7, 11) is 0. The molecule has 4 heteroatoms. The Morgan fingerprint density at radius 1 is 1.05 bits per heavy atom. The fraction of sp³-hybridized carbons (Fsp3) is 0.250. The maximum Gasteiger partial charge on any atom is 0.119 e. The molecule has 0 saturated carbocycles. The summed E-state index contributed by atoms with van der Waals surface area (Å²) in [6.07, 6.45) is 0. The van der Waals surface area contributed by atoms with Gasteiger partial charge in [0.05, 0.1) is 0 Å². The molecule has 0 saturated heterocycles. The molecule has 0 heterocycles. The normalized spacial score (nSPS) is 12.2. The van der Waals surface area contributed by atoms with Gasteiger partial charge in [-0.25, -0.2) is 0 Å². The number of halogens is 2. The third-order valence-corrected chi connectivity index (χ3v) is 4.26. The van der Waals surface area contributed by atoms with Crippen LogP contribution < -0.4 is 10.1 Å². The summed E-state index contributed by atoms with van der Waals surface area (Å²) < 4.78 is 7.88. The molecule has 0 aliphatic rings. The van der Waals surface area contributed by atoms with Crippen LogP contribution in [0.2, 0.25) is 0 Å². The minimum atomic E-state index is 0.291. The quantitative estimate of drug-likeness (QED) is 0.695. The largest absolute Gasteiger partial charge is 0.492 e. The first-order valence-electron chi connectivity index (χ1n) is 6.53. The molecule has 0 unspecified atom stereocenters. The van der Waals surface area contributed by atoms with Crippen molar-refractivity contribution in [3.8, 4) is 5.75 Å². The highest BCUT2D eigenvalue weighted by atomic mass is 79.9. The summed E-state index contributed by atoms with van der Waals surface area (Å²) >= 11 is 6.98. The van der Waals surface area contributed by atoms with Crippen molar-refractivity contribution in [3.05, 3.63) is 63.0 Å². The van der Waals surface area contributed by atoms with Gasteiger partial charge in [0.2, 0.25) is 0 Å². The van der Waals surface area contributed by atoms with Gasteiger partial charge in [0.25, 0.3) is 0 Å². The van der Waals surface area contributed by atoms with Crippen molar-refractivity contribution in [1.29, 1.82) is 0 Å². The van der Waals surface area contributed by atoms with Crippen molar-refractivity contribution in [3.63, 3.8) is 0 Å². The van der Waals surface area contributed by atoms with E-state index in [1.807, 2.05) is 30.3 Å². The lowest BCUT2D eigenvalue weighted by Gasteiger charge is -2.16. The molecule has 2 rings (SSSR count). The number of nitrogens with one attached hydrogen (secondary N) is 1. The van der Waals surface area contributed by atoms with Crippen LogP contribution in [0.1, 0.15) is 18.5 Å². The van der Waals surface area contributed by atoms with E-state index in [4.69, 9.17) is 4.74 Å². The van der Waals surface area contributed by atoms with Gasteiger partial charge in [-0.2, -0.15) is 0 Å². The summed E-state index contributed by atoms with van der Waals surface area (Å²) in [5.74, 6) is 0.892. The highest BCUT2D eigenvalue weighted by Crippen LogP contribution is 2.22. The lowest BCUT2D eigenvalue weighted by atomic mass is 10.1. The predicted octanol–water partition coefficient (Wildman–Crippen LogP) is 4.94. The Morgan fingerprint density at radius 3 is 2.45 bits per heavy atom. The minimum Gasteiger partial charge on any atom is -0.492 e. The van der Waals surface area contributed by atoms with Gasteiger partial charge in [0.1, 0.15) is 12.4 Å². The number of rotatable bonds is 6.